The van der Waals surface area contributed by atoms with Gasteiger partial charge in [0.1, 0.15) is 5.92 Å². The molecule has 2 unspecified atom stereocenters. The minimum absolute atomic E-state index is 0.182. The van der Waals surface area contributed by atoms with Gasteiger partial charge >= 0.3 is 5.97 Å². The van der Waals surface area contributed by atoms with Gasteiger partial charge in [0.15, 0.2) is 0 Å². The number of aliphatic carboxylic acids is 1. The third-order valence-corrected chi connectivity index (χ3v) is 3.27. The highest BCUT2D eigenvalue weighted by atomic mass is 16.4. The number of hydrogen-bond acceptors (Lipinski definition) is 3. The Kier molecular flexibility index (Phi) is 4.93. The van der Waals surface area contributed by atoms with Crippen LogP contribution in [0.1, 0.15) is 20.3 Å². The van der Waals surface area contributed by atoms with Crippen LogP contribution in [0.3, 0.4) is 0 Å². The Hall–Kier alpha value is -1.10. The van der Waals surface area contributed by atoms with Gasteiger partial charge in [0, 0.05) is 13.1 Å². The smallest absolute Gasteiger partial charge is 0.316 e. The second kappa shape index (κ2) is 6.00. The molecule has 1 aliphatic heterocycles. The van der Waals surface area contributed by atoms with Gasteiger partial charge in [-0.1, -0.05) is 13.8 Å². The lowest BCUT2D eigenvalue weighted by Crippen LogP contribution is -2.40. The number of amides is 1. The van der Waals surface area contributed by atoms with Crippen molar-refractivity contribution >= 4 is 11.9 Å². The molecular weight excluding hydrogens is 220 g/mol. The van der Waals surface area contributed by atoms with Gasteiger partial charge in [0.2, 0.25) is 5.91 Å². The van der Waals surface area contributed by atoms with Crippen LogP contribution in [0, 0.1) is 17.8 Å². The van der Waals surface area contributed by atoms with Crippen LogP contribution in [0.4, 0.5) is 0 Å². The molecule has 5 nitrogen and oxygen atoms in total. The number of carboxylic acids is 1. The molecule has 0 bridgehead atoms. The first-order valence-electron chi connectivity index (χ1n) is 6.11. The Balaban J connectivity index is 2.40. The van der Waals surface area contributed by atoms with Crippen molar-refractivity contribution in [2.24, 2.45) is 17.8 Å². The summed E-state index contributed by atoms with van der Waals surface area (Å²) in [6, 6.07) is 0. The molecule has 0 aliphatic carbocycles. The van der Waals surface area contributed by atoms with E-state index in [1.807, 2.05) is 0 Å². The van der Waals surface area contributed by atoms with Gasteiger partial charge in [-0.05, 0) is 31.8 Å². The van der Waals surface area contributed by atoms with Crippen molar-refractivity contribution in [3.63, 3.8) is 0 Å². The first-order chi connectivity index (χ1) is 7.91. The van der Waals surface area contributed by atoms with Crippen LogP contribution >= 0.6 is 0 Å². The van der Waals surface area contributed by atoms with Crippen molar-refractivity contribution in [3.05, 3.63) is 0 Å². The zero-order valence-corrected chi connectivity index (χ0v) is 10.8. The van der Waals surface area contributed by atoms with Crippen molar-refractivity contribution < 1.29 is 14.7 Å². The normalized spacial score (nSPS) is 22.7. The van der Waals surface area contributed by atoms with E-state index in [1.54, 1.807) is 13.8 Å². The minimum atomic E-state index is -1.04. The predicted molar refractivity (Wildman–Crippen MR) is 64.6 cm³/mol. The van der Waals surface area contributed by atoms with E-state index in [0.29, 0.717) is 12.5 Å². The lowest BCUT2D eigenvalue weighted by atomic mass is 9.95. The van der Waals surface area contributed by atoms with Gasteiger partial charge in [0.25, 0.3) is 0 Å². The molecule has 0 aromatic heterocycles. The summed E-state index contributed by atoms with van der Waals surface area (Å²) in [5, 5.41) is 11.7. The van der Waals surface area contributed by atoms with E-state index in [2.05, 4.69) is 17.3 Å². The maximum absolute atomic E-state index is 11.8. The molecule has 0 spiro atoms. The van der Waals surface area contributed by atoms with E-state index in [9.17, 15) is 9.59 Å². The molecule has 1 rings (SSSR count). The molecule has 17 heavy (non-hydrogen) atoms. The average Bonchev–Trinajstić information content (AvgIpc) is 2.60. The summed E-state index contributed by atoms with van der Waals surface area (Å²) in [5.74, 6) is -2.07. The van der Waals surface area contributed by atoms with Crippen LogP contribution in [-0.2, 0) is 9.59 Å². The number of carbonyl (C=O) groups excluding carboxylic acids is 1. The fraction of sp³-hybridized carbons (Fsp3) is 0.833. The third-order valence-electron chi connectivity index (χ3n) is 3.27. The van der Waals surface area contributed by atoms with Gasteiger partial charge < -0.3 is 15.3 Å². The molecule has 1 saturated heterocycles. The Labute approximate surface area is 102 Å². The minimum Gasteiger partial charge on any atom is -0.481 e. The van der Waals surface area contributed by atoms with Crippen molar-refractivity contribution in [2.75, 3.05) is 26.7 Å². The summed E-state index contributed by atoms with van der Waals surface area (Å²) in [7, 11) is 2.05. The molecule has 2 atom stereocenters. The van der Waals surface area contributed by atoms with Crippen LogP contribution in [0.15, 0.2) is 0 Å². The summed E-state index contributed by atoms with van der Waals surface area (Å²) in [6.45, 7) is 6.11. The molecule has 1 fully saturated rings. The SMILES string of the molecule is CC(C)C(C(=O)O)C(=O)NCC1CCN(C)C1. The van der Waals surface area contributed by atoms with E-state index >= 15 is 0 Å². The summed E-state index contributed by atoms with van der Waals surface area (Å²) in [4.78, 5) is 24.9. The van der Waals surface area contributed by atoms with Crippen molar-refractivity contribution in [1.29, 1.82) is 0 Å². The lowest BCUT2D eigenvalue weighted by Gasteiger charge is -2.17. The van der Waals surface area contributed by atoms with Crippen LogP contribution < -0.4 is 5.32 Å². The Morgan fingerprint density at radius 1 is 1.47 bits per heavy atom. The number of likely N-dealkylation sites (tertiary alicyclic amines) is 1. The highest BCUT2D eigenvalue weighted by Gasteiger charge is 2.30. The van der Waals surface area contributed by atoms with Gasteiger partial charge in [-0.15, -0.1) is 0 Å². The Morgan fingerprint density at radius 2 is 2.12 bits per heavy atom. The first-order valence-corrected chi connectivity index (χ1v) is 6.11. The van der Waals surface area contributed by atoms with E-state index in [4.69, 9.17) is 5.11 Å². The number of carbonyl (C=O) groups is 2. The van der Waals surface area contributed by atoms with Crippen LogP contribution in [0.25, 0.3) is 0 Å². The second-order valence-corrected chi connectivity index (χ2v) is 5.22. The summed E-state index contributed by atoms with van der Waals surface area (Å²) in [5.41, 5.74) is 0. The molecule has 0 radical (unpaired) electrons. The number of rotatable bonds is 5. The average molecular weight is 242 g/mol. The lowest BCUT2D eigenvalue weighted by molar-refractivity contribution is -0.148. The van der Waals surface area contributed by atoms with Gasteiger partial charge in [0.05, 0.1) is 0 Å². The van der Waals surface area contributed by atoms with E-state index in [1.165, 1.54) is 0 Å². The van der Waals surface area contributed by atoms with Crippen molar-refractivity contribution in [2.45, 2.75) is 20.3 Å². The number of carboxylic acid groups (broad SMARTS) is 1. The van der Waals surface area contributed by atoms with Gasteiger partial charge in [-0.3, -0.25) is 9.59 Å². The van der Waals surface area contributed by atoms with Gasteiger partial charge in [-0.2, -0.15) is 0 Å². The van der Waals surface area contributed by atoms with E-state index < -0.39 is 11.9 Å². The van der Waals surface area contributed by atoms with Crippen LogP contribution in [-0.4, -0.2) is 48.6 Å². The molecule has 98 valence electrons. The first kappa shape index (κ1) is 14.0. The number of hydrogen-bond donors (Lipinski definition) is 2. The monoisotopic (exact) mass is 242 g/mol. The fourth-order valence-electron chi connectivity index (χ4n) is 2.25. The molecule has 0 aromatic rings. The number of nitrogens with zero attached hydrogens (tertiary/aromatic N) is 1. The second-order valence-electron chi connectivity index (χ2n) is 5.22. The fourth-order valence-corrected chi connectivity index (χ4v) is 2.25. The third kappa shape index (κ3) is 4.00. The largest absolute Gasteiger partial charge is 0.481 e. The Bertz CT molecular complexity index is 291. The standard InChI is InChI=1S/C12H22N2O3/c1-8(2)10(12(16)17)11(15)13-6-9-4-5-14(3)7-9/h8-10H,4-7H2,1-3H3,(H,13,15)(H,16,17). The highest BCUT2D eigenvalue weighted by molar-refractivity contribution is 5.97. The maximum Gasteiger partial charge on any atom is 0.316 e. The van der Waals surface area contributed by atoms with Crippen molar-refractivity contribution in [3.8, 4) is 0 Å². The molecular formula is C12H22N2O3. The van der Waals surface area contributed by atoms with Gasteiger partial charge in [-0.25, -0.2) is 0 Å². The zero-order valence-electron chi connectivity index (χ0n) is 10.8. The molecule has 2 N–H and O–H groups in total. The maximum atomic E-state index is 11.8. The van der Waals surface area contributed by atoms with Crippen molar-refractivity contribution in [1.82, 2.24) is 10.2 Å². The van der Waals surface area contributed by atoms with Crippen LogP contribution in [0.2, 0.25) is 0 Å². The zero-order chi connectivity index (χ0) is 13.0. The van der Waals surface area contributed by atoms with Crippen LogP contribution in [0.5, 0.6) is 0 Å². The topological polar surface area (TPSA) is 69.6 Å². The molecule has 1 heterocycles. The van der Waals surface area contributed by atoms with E-state index in [0.717, 1.165) is 19.5 Å². The summed E-state index contributed by atoms with van der Waals surface area (Å²) < 4.78 is 0. The highest BCUT2D eigenvalue weighted by Crippen LogP contribution is 2.15. The molecule has 1 aliphatic rings. The number of nitrogens with one attached hydrogen (secondary N) is 1. The summed E-state index contributed by atoms with van der Waals surface area (Å²) >= 11 is 0. The molecule has 5 heteroatoms. The Morgan fingerprint density at radius 3 is 2.53 bits per heavy atom. The van der Waals surface area contributed by atoms with E-state index in [-0.39, 0.29) is 11.8 Å². The quantitative estimate of drug-likeness (QED) is 0.685. The predicted octanol–water partition coefficient (Wildman–Crippen LogP) is 0.411. The molecule has 0 aromatic carbocycles. The summed E-state index contributed by atoms with van der Waals surface area (Å²) in [6.07, 6.45) is 1.07. The molecule has 0 saturated carbocycles. The molecule has 1 amide bonds.